The Hall–Kier alpha value is -2.37. The zero-order valence-electron chi connectivity index (χ0n) is 17.2. The molecule has 154 valence electrons. The molecule has 0 fully saturated rings. The van der Waals surface area contributed by atoms with Gasteiger partial charge >= 0.3 is 5.97 Å². The lowest BCUT2D eigenvalue weighted by Crippen LogP contribution is -2.26. The van der Waals surface area contributed by atoms with Gasteiger partial charge in [0.15, 0.2) is 0 Å². The third kappa shape index (κ3) is 6.66. The van der Waals surface area contributed by atoms with Crippen LogP contribution in [-0.4, -0.2) is 32.9 Å². The lowest BCUT2D eigenvalue weighted by molar-refractivity contribution is -0.137. The summed E-state index contributed by atoms with van der Waals surface area (Å²) in [6.45, 7) is 4.73. The molecule has 2 N–H and O–H groups in total. The third-order valence-corrected chi connectivity index (χ3v) is 5.01. The number of aliphatic carboxylic acids is 1. The van der Waals surface area contributed by atoms with Gasteiger partial charge in [-0.1, -0.05) is 45.4 Å². The van der Waals surface area contributed by atoms with Crippen LogP contribution in [0.1, 0.15) is 86.5 Å². The Labute approximate surface area is 167 Å². The van der Waals surface area contributed by atoms with Crippen LogP contribution in [0.3, 0.4) is 0 Å². The average molecular weight is 388 g/mol. The van der Waals surface area contributed by atoms with E-state index in [0.29, 0.717) is 12.2 Å². The Bertz CT molecular complexity index is 783. The largest absolute Gasteiger partial charge is 0.481 e. The molecule has 0 aliphatic rings. The average Bonchev–Trinajstić information content (AvgIpc) is 3.03. The van der Waals surface area contributed by atoms with Crippen LogP contribution >= 0.6 is 0 Å². The Morgan fingerprint density at radius 3 is 2.36 bits per heavy atom. The minimum atomic E-state index is -0.702. The summed E-state index contributed by atoms with van der Waals surface area (Å²) in [5, 5.41) is 11.6. The molecule has 0 unspecified atom stereocenters. The van der Waals surface area contributed by atoms with Gasteiger partial charge in [0, 0.05) is 19.2 Å². The van der Waals surface area contributed by atoms with Crippen molar-refractivity contribution in [1.29, 1.82) is 0 Å². The van der Waals surface area contributed by atoms with Gasteiger partial charge in [-0.15, -0.1) is 0 Å². The van der Waals surface area contributed by atoms with Crippen LogP contribution in [0.25, 0.3) is 5.65 Å². The summed E-state index contributed by atoms with van der Waals surface area (Å²) in [6, 6.07) is 3.99. The Morgan fingerprint density at radius 1 is 1.07 bits per heavy atom. The first-order chi connectivity index (χ1) is 13.5. The van der Waals surface area contributed by atoms with Gasteiger partial charge in [0.1, 0.15) is 11.3 Å². The van der Waals surface area contributed by atoms with Crippen molar-refractivity contribution < 1.29 is 14.7 Å². The summed E-state index contributed by atoms with van der Waals surface area (Å²) in [5.74, 6) is -0.751. The number of imidazole rings is 1. The maximum Gasteiger partial charge on any atom is 0.303 e. The fourth-order valence-electron chi connectivity index (χ4n) is 3.43. The van der Waals surface area contributed by atoms with Crippen molar-refractivity contribution in [3.05, 3.63) is 35.3 Å². The molecule has 6 nitrogen and oxygen atoms in total. The van der Waals surface area contributed by atoms with E-state index < -0.39 is 5.97 Å². The zero-order valence-corrected chi connectivity index (χ0v) is 17.2. The number of rotatable bonds is 13. The SMILES string of the molecule is CCc1nc2cc(C)ccn2c1C(=O)NCCCCCCCCCCC(=O)O. The molecule has 0 radical (unpaired) electrons. The molecule has 0 aromatic carbocycles. The Balaban J connectivity index is 1.65. The number of carbonyl (C=O) groups is 2. The molecular weight excluding hydrogens is 354 g/mol. The number of pyridine rings is 1. The first-order valence-electron chi connectivity index (χ1n) is 10.5. The molecule has 28 heavy (non-hydrogen) atoms. The van der Waals surface area contributed by atoms with Crippen molar-refractivity contribution in [3.8, 4) is 0 Å². The molecule has 0 spiro atoms. The van der Waals surface area contributed by atoms with E-state index in [4.69, 9.17) is 5.11 Å². The van der Waals surface area contributed by atoms with Crippen LogP contribution < -0.4 is 5.32 Å². The Kier molecular flexibility index (Phi) is 8.98. The zero-order chi connectivity index (χ0) is 20.4. The number of hydrogen-bond donors (Lipinski definition) is 2. The number of nitrogens with zero attached hydrogens (tertiary/aromatic N) is 2. The second-order valence-electron chi connectivity index (χ2n) is 7.42. The van der Waals surface area contributed by atoms with Gasteiger partial charge in [-0.3, -0.25) is 14.0 Å². The number of aryl methyl sites for hydroxylation is 2. The topological polar surface area (TPSA) is 83.7 Å². The van der Waals surface area contributed by atoms with Crippen molar-refractivity contribution in [2.75, 3.05) is 6.54 Å². The summed E-state index contributed by atoms with van der Waals surface area (Å²) < 4.78 is 1.88. The number of nitrogens with one attached hydrogen (secondary N) is 1. The van der Waals surface area contributed by atoms with Crippen molar-refractivity contribution in [2.24, 2.45) is 0 Å². The van der Waals surface area contributed by atoms with E-state index in [1.165, 1.54) is 6.42 Å². The van der Waals surface area contributed by atoms with Gasteiger partial charge in [-0.25, -0.2) is 4.98 Å². The molecule has 2 aromatic heterocycles. The highest BCUT2D eigenvalue weighted by Crippen LogP contribution is 2.15. The molecule has 0 atom stereocenters. The van der Waals surface area contributed by atoms with E-state index in [1.54, 1.807) is 0 Å². The van der Waals surface area contributed by atoms with Crippen LogP contribution in [-0.2, 0) is 11.2 Å². The van der Waals surface area contributed by atoms with Crippen LogP contribution in [0, 0.1) is 6.92 Å². The van der Waals surface area contributed by atoms with E-state index >= 15 is 0 Å². The summed E-state index contributed by atoms with van der Waals surface area (Å²) >= 11 is 0. The highest BCUT2D eigenvalue weighted by Gasteiger charge is 2.17. The van der Waals surface area contributed by atoms with E-state index in [2.05, 4.69) is 10.3 Å². The molecule has 2 heterocycles. The molecule has 1 amide bonds. The molecular formula is C22H33N3O3. The number of fused-ring (bicyclic) bond motifs is 1. The minimum absolute atomic E-state index is 0.0494. The number of unbranched alkanes of at least 4 members (excludes halogenated alkanes) is 7. The van der Waals surface area contributed by atoms with E-state index in [9.17, 15) is 9.59 Å². The monoisotopic (exact) mass is 387 g/mol. The molecule has 0 aliphatic carbocycles. The second kappa shape index (κ2) is 11.5. The van der Waals surface area contributed by atoms with E-state index in [1.807, 2.05) is 36.6 Å². The first kappa shape index (κ1) is 21.9. The minimum Gasteiger partial charge on any atom is -0.481 e. The number of carboxylic acid groups (broad SMARTS) is 1. The van der Waals surface area contributed by atoms with E-state index in [-0.39, 0.29) is 12.3 Å². The first-order valence-corrected chi connectivity index (χ1v) is 10.5. The normalized spacial score (nSPS) is 11.1. The van der Waals surface area contributed by atoms with E-state index in [0.717, 1.165) is 68.3 Å². The molecule has 0 saturated carbocycles. The van der Waals surface area contributed by atoms with Crippen molar-refractivity contribution in [3.63, 3.8) is 0 Å². The number of amides is 1. The molecule has 2 aromatic rings. The van der Waals surface area contributed by atoms with Gasteiger partial charge in [-0.05, 0) is 43.9 Å². The number of hydrogen-bond acceptors (Lipinski definition) is 3. The molecule has 0 aliphatic heterocycles. The quantitative estimate of drug-likeness (QED) is 0.495. The smallest absolute Gasteiger partial charge is 0.303 e. The van der Waals surface area contributed by atoms with Crippen LogP contribution in [0.15, 0.2) is 18.3 Å². The third-order valence-electron chi connectivity index (χ3n) is 5.01. The van der Waals surface area contributed by atoms with Gasteiger partial charge < -0.3 is 10.4 Å². The maximum absolute atomic E-state index is 12.7. The summed E-state index contributed by atoms with van der Waals surface area (Å²) in [6.07, 6.45) is 11.4. The fourth-order valence-corrected chi connectivity index (χ4v) is 3.43. The Morgan fingerprint density at radius 2 is 1.71 bits per heavy atom. The van der Waals surface area contributed by atoms with Crippen molar-refractivity contribution in [1.82, 2.24) is 14.7 Å². The molecule has 2 rings (SSSR count). The summed E-state index contributed by atoms with van der Waals surface area (Å²) in [5.41, 5.74) is 3.45. The lowest BCUT2D eigenvalue weighted by Gasteiger charge is -2.07. The van der Waals surface area contributed by atoms with Crippen LogP contribution in [0.5, 0.6) is 0 Å². The highest BCUT2D eigenvalue weighted by atomic mass is 16.4. The van der Waals surface area contributed by atoms with Gasteiger partial charge in [0.05, 0.1) is 5.69 Å². The highest BCUT2D eigenvalue weighted by molar-refractivity contribution is 5.94. The standard InChI is InChI=1S/C22H33N3O3/c1-3-18-21(25-15-13-17(2)16-19(25)24-18)22(28)23-14-11-9-7-5-4-6-8-10-12-20(26)27/h13,15-16H,3-12,14H2,1-2H3,(H,23,28)(H,26,27). The second-order valence-corrected chi connectivity index (χ2v) is 7.42. The van der Waals surface area contributed by atoms with Crippen molar-refractivity contribution in [2.45, 2.75) is 78.1 Å². The molecule has 0 bridgehead atoms. The van der Waals surface area contributed by atoms with Crippen LogP contribution in [0.4, 0.5) is 0 Å². The molecule has 0 saturated heterocycles. The number of carbonyl (C=O) groups excluding carboxylic acids is 1. The summed E-state index contributed by atoms with van der Waals surface area (Å²) in [7, 11) is 0. The van der Waals surface area contributed by atoms with Crippen molar-refractivity contribution >= 4 is 17.5 Å². The predicted octanol–water partition coefficient (Wildman–Crippen LogP) is 4.53. The summed E-state index contributed by atoms with van der Waals surface area (Å²) in [4.78, 5) is 27.7. The van der Waals surface area contributed by atoms with Gasteiger partial charge in [0.25, 0.3) is 5.91 Å². The van der Waals surface area contributed by atoms with Gasteiger partial charge in [0.2, 0.25) is 0 Å². The lowest BCUT2D eigenvalue weighted by atomic mass is 10.1. The molecule has 6 heteroatoms. The maximum atomic E-state index is 12.7. The van der Waals surface area contributed by atoms with Gasteiger partial charge in [-0.2, -0.15) is 0 Å². The number of aromatic nitrogens is 2. The fraction of sp³-hybridized carbons (Fsp3) is 0.591. The predicted molar refractivity (Wildman–Crippen MR) is 111 cm³/mol. The van der Waals surface area contributed by atoms with Crippen LogP contribution in [0.2, 0.25) is 0 Å². The number of carboxylic acids is 1.